The molecule has 0 saturated carbocycles. The molecule has 2 N–H and O–H groups in total. The number of ether oxygens (including phenoxy) is 1. The molecule has 0 bridgehead atoms. The van der Waals surface area contributed by atoms with Crippen LogP contribution in [0.15, 0.2) is 41.3 Å². The number of sulfonamides is 1. The molecule has 33 heavy (non-hydrogen) atoms. The summed E-state index contributed by atoms with van der Waals surface area (Å²) in [4.78, 5) is 36.1. The van der Waals surface area contributed by atoms with E-state index in [4.69, 9.17) is 4.74 Å². The summed E-state index contributed by atoms with van der Waals surface area (Å²) in [7, 11) is -3.88. The van der Waals surface area contributed by atoms with Gasteiger partial charge in [-0.2, -0.15) is 4.31 Å². The van der Waals surface area contributed by atoms with Gasteiger partial charge in [-0.1, -0.05) is 12.1 Å². The van der Waals surface area contributed by atoms with Gasteiger partial charge in [0.2, 0.25) is 15.9 Å². The Labute approximate surface area is 192 Å². The Morgan fingerprint density at radius 1 is 1.21 bits per heavy atom. The number of fused-ring (bicyclic) bond motifs is 1. The van der Waals surface area contributed by atoms with Gasteiger partial charge in [0, 0.05) is 30.4 Å². The molecule has 2 heterocycles. The number of carbonyl (C=O) groups excluding carboxylic acids is 3. The zero-order chi connectivity index (χ0) is 23.8. The van der Waals surface area contributed by atoms with Crippen molar-refractivity contribution in [3.8, 4) is 5.75 Å². The second-order valence-corrected chi connectivity index (χ2v) is 10.2. The van der Waals surface area contributed by atoms with Crippen molar-refractivity contribution in [1.82, 2.24) is 4.31 Å². The van der Waals surface area contributed by atoms with Crippen LogP contribution in [0, 0.1) is 12.8 Å². The predicted octanol–water partition coefficient (Wildman–Crippen LogP) is 2.57. The number of rotatable bonds is 5. The minimum atomic E-state index is -3.88. The normalized spacial score (nSPS) is 18.6. The molecule has 1 saturated heterocycles. The van der Waals surface area contributed by atoms with E-state index in [1.165, 1.54) is 17.3 Å². The van der Waals surface area contributed by atoms with Gasteiger partial charge in [-0.05, 0) is 50.5 Å². The topological polar surface area (TPSA) is 122 Å². The molecule has 0 unspecified atom stereocenters. The summed E-state index contributed by atoms with van der Waals surface area (Å²) in [6.45, 7) is 3.29. The number of carbonyl (C=O) groups is 3. The monoisotopic (exact) mass is 471 g/mol. The van der Waals surface area contributed by atoms with Crippen molar-refractivity contribution in [2.24, 2.45) is 5.92 Å². The highest BCUT2D eigenvalue weighted by Crippen LogP contribution is 2.35. The number of hydrogen-bond acceptors (Lipinski definition) is 6. The number of amides is 2. The molecule has 2 aliphatic heterocycles. The van der Waals surface area contributed by atoms with Crippen molar-refractivity contribution in [2.45, 2.75) is 31.6 Å². The first kappa shape index (κ1) is 22.9. The average Bonchev–Trinajstić information content (AvgIpc) is 2.78. The van der Waals surface area contributed by atoms with Gasteiger partial charge in [0.1, 0.15) is 5.75 Å². The van der Waals surface area contributed by atoms with E-state index in [-0.39, 0.29) is 35.6 Å². The van der Waals surface area contributed by atoms with Crippen LogP contribution >= 0.6 is 0 Å². The molecule has 2 aromatic carbocycles. The minimum absolute atomic E-state index is 0.0503. The van der Waals surface area contributed by atoms with Crippen LogP contribution in [0.2, 0.25) is 0 Å². The Balaban J connectivity index is 1.52. The van der Waals surface area contributed by atoms with Crippen LogP contribution in [0.1, 0.15) is 35.7 Å². The lowest BCUT2D eigenvalue weighted by Crippen LogP contribution is -2.43. The van der Waals surface area contributed by atoms with Gasteiger partial charge >= 0.3 is 0 Å². The Morgan fingerprint density at radius 2 is 2.00 bits per heavy atom. The van der Waals surface area contributed by atoms with Gasteiger partial charge in [-0.25, -0.2) is 8.42 Å². The van der Waals surface area contributed by atoms with Gasteiger partial charge in [0.25, 0.3) is 5.91 Å². The lowest BCUT2D eigenvalue weighted by atomic mass is 9.98. The van der Waals surface area contributed by atoms with Gasteiger partial charge in [0.15, 0.2) is 12.4 Å². The van der Waals surface area contributed by atoms with Gasteiger partial charge in [-0.15, -0.1) is 0 Å². The number of anilines is 2. The van der Waals surface area contributed by atoms with Crippen molar-refractivity contribution < 1.29 is 27.5 Å². The third-order valence-electron chi connectivity index (χ3n) is 5.82. The molecule has 0 aliphatic carbocycles. The van der Waals surface area contributed by atoms with Crippen LogP contribution in [-0.4, -0.2) is 50.0 Å². The van der Waals surface area contributed by atoms with Crippen LogP contribution in [0.4, 0.5) is 11.4 Å². The highest BCUT2D eigenvalue weighted by atomic mass is 32.2. The first-order chi connectivity index (χ1) is 15.6. The second kappa shape index (κ2) is 8.95. The standard InChI is InChI=1S/C23H25N3O6S/c1-14-9-19-20(32-13-22(28)25-19)11-21(14)33(30,31)26-8-4-6-17(12-26)23(29)24-18-7-3-5-16(10-18)15(2)27/h3,5,7,9-11,17H,4,6,8,12-13H2,1-2H3,(H,24,29)(H,25,28)/t17-/m1/s1. The zero-order valence-corrected chi connectivity index (χ0v) is 19.2. The van der Waals surface area contributed by atoms with E-state index in [0.717, 1.165) is 0 Å². The maximum absolute atomic E-state index is 13.4. The molecular formula is C23H25N3O6S. The van der Waals surface area contributed by atoms with E-state index < -0.39 is 15.9 Å². The molecule has 10 heteroatoms. The summed E-state index contributed by atoms with van der Waals surface area (Å²) in [6, 6.07) is 9.66. The number of aryl methyl sites for hydroxylation is 1. The Hall–Kier alpha value is -3.24. The van der Waals surface area contributed by atoms with Crippen molar-refractivity contribution in [2.75, 3.05) is 30.3 Å². The molecule has 1 fully saturated rings. The fraction of sp³-hybridized carbons (Fsp3) is 0.348. The molecule has 4 rings (SSSR count). The van der Waals surface area contributed by atoms with Crippen LogP contribution in [0.25, 0.3) is 0 Å². The second-order valence-electron chi connectivity index (χ2n) is 8.28. The molecular weight excluding hydrogens is 446 g/mol. The maximum atomic E-state index is 13.4. The lowest BCUT2D eigenvalue weighted by Gasteiger charge is -2.32. The molecule has 1 atom stereocenters. The summed E-state index contributed by atoms with van der Waals surface area (Å²) in [5.41, 5.74) is 1.90. The quantitative estimate of drug-likeness (QED) is 0.647. The number of benzene rings is 2. The van der Waals surface area contributed by atoms with E-state index >= 15 is 0 Å². The fourth-order valence-corrected chi connectivity index (χ4v) is 5.81. The molecule has 0 spiro atoms. The molecule has 0 radical (unpaired) electrons. The number of Topliss-reactive ketones (excluding diaryl/α,β-unsaturated/α-hetero) is 1. The molecule has 2 aliphatic rings. The van der Waals surface area contributed by atoms with E-state index in [0.29, 0.717) is 47.6 Å². The Morgan fingerprint density at radius 3 is 2.76 bits per heavy atom. The van der Waals surface area contributed by atoms with Gasteiger partial charge in [-0.3, -0.25) is 14.4 Å². The van der Waals surface area contributed by atoms with Crippen molar-refractivity contribution in [3.63, 3.8) is 0 Å². The average molecular weight is 472 g/mol. The summed E-state index contributed by atoms with van der Waals surface area (Å²) < 4.78 is 33.5. The summed E-state index contributed by atoms with van der Waals surface area (Å²) in [6.07, 6.45) is 1.10. The first-order valence-electron chi connectivity index (χ1n) is 10.6. The highest BCUT2D eigenvalue weighted by molar-refractivity contribution is 7.89. The third-order valence-corrected chi connectivity index (χ3v) is 7.83. The van der Waals surface area contributed by atoms with E-state index in [2.05, 4.69) is 10.6 Å². The van der Waals surface area contributed by atoms with E-state index in [1.54, 1.807) is 37.3 Å². The van der Waals surface area contributed by atoms with Crippen molar-refractivity contribution >= 4 is 39.0 Å². The van der Waals surface area contributed by atoms with E-state index in [9.17, 15) is 22.8 Å². The predicted molar refractivity (Wildman–Crippen MR) is 122 cm³/mol. The van der Waals surface area contributed by atoms with Crippen molar-refractivity contribution in [3.05, 3.63) is 47.5 Å². The number of ketones is 1. The number of nitrogens with zero attached hydrogens (tertiary/aromatic N) is 1. The fourth-order valence-electron chi connectivity index (χ4n) is 4.07. The van der Waals surface area contributed by atoms with Crippen LogP contribution in [0.5, 0.6) is 5.75 Å². The smallest absolute Gasteiger partial charge is 0.262 e. The highest BCUT2D eigenvalue weighted by Gasteiger charge is 2.35. The van der Waals surface area contributed by atoms with Gasteiger partial charge in [0.05, 0.1) is 16.5 Å². The first-order valence-corrected chi connectivity index (χ1v) is 12.1. The molecule has 2 aromatic rings. The SMILES string of the molecule is CC(=O)c1cccc(NC(=O)[C@@H]2CCCN(S(=O)(=O)c3cc4c(cc3C)NC(=O)CO4)C2)c1. The molecule has 174 valence electrons. The van der Waals surface area contributed by atoms with Crippen molar-refractivity contribution in [1.29, 1.82) is 0 Å². The van der Waals surface area contributed by atoms with Crippen LogP contribution < -0.4 is 15.4 Å². The van der Waals surface area contributed by atoms with Crippen LogP contribution in [0.3, 0.4) is 0 Å². The number of piperidine rings is 1. The number of hydrogen-bond donors (Lipinski definition) is 2. The van der Waals surface area contributed by atoms with E-state index in [1.807, 2.05) is 0 Å². The molecule has 9 nitrogen and oxygen atoms in total. The van der Waals surface area contributed by atoms with Crippen LogP contribution in [-0.2, 0) is 19.6 Å². The molecule has 0 aromatic heterocycles. The minimum Gasteiger partial charge on any atom is -0.482 e. The Bertz CT molecular complexity index is 1240. The number of nitrogens with one attached hydrogen (secondary N) is 2. The Kier molecular flexibility index (Phi) is 6.22. The largest absolute Gasteiger partial charge is 0.482 e. The summed E-state index contributed by atoms with van der Waals surface area (Å²) in [5.74, 6) is -0.913. The summed E-state index contributed by atoms with van der Waals surface area (Å²) >= 11 is 0. The lowest BCUT2D eigenvalue weighted by molar-refractivity contribution is -0.121. The zero-order valence-electron chi connectivity index (χ0n) is 18.4. The maximum Gasteiger partial charge on any atom is 0.262 e. The third kappa shape index (κ3) is 4.76. The summed E-state index contributed by atoms with van der Waals surface area (Å²) in [5, 5.41) is 5.47. The van der Waals surface area contributed by atoms with Gasteiger partial charge < -0.3 is 15.4 Å². The molecule has 2 amide bonds.